The molecule has 5 heteroatoms. The van der Waals surface area contributed by atoms with E-state index in [1.54, 1.807) is 6.07 Å². The molecular weight excluding hydrogens is 286 g/mol. The van der Waals surface area contributed by atoms with Crippen molar-refractivity contribution in [2.75, 3.05) is 13.1 Å². The number of hydrogen-bond acceptors (Lipinski definition) is 3. The van der Waals surface area contributed by atoms with Gasteiger partial charge in [0.2, 0.25) is 0 Å². The molecule has 1 aliphatic rings. The van der Waals surface area contributed by atoms with Gasteiger partial charge in [0.25, 0.3) is 5.91 Å². The van der Waals surface area contributed by atoms with E-state index in [1.165, 1.54) is 6.26 Å². The van der Waals surface area contributed by atoms with Crippen molar-refractivity contribution in [2.24, 2.45) is 5.92 Å². The van der Waals surface area contributed by atoms with Gasteiger partial charge >= 0.3 is 0 Å². The molecule has 0 aliphatic carbocycles. The van der Waals surface area contributed by atoms with E-state index in [-0.39, 0.29) is 12.0 Å². The molecule has 1 N–H and O–H groups in total. The lowest BCUT2D eigenvalue weighted by Gasteiger charge is -2.33. The summed E-state index contributed by atoms with van der Waals surface area (Å²) in [7, 11) is 0. The molecule has 1 saturated heterocycles. The highest BCUT2D eigenvalue weighted by Gasteiger charge is 2.27. The highest BCUT2D eigenvalue weighted by molar-refractivity contribution is 9.10. The average molecular weight is 302 g/mol. The van der Waals surface area contributed by atoms with Crippen LogP contribution in [0.15, 0.2) is 21.4 Å². The van der Waals surface area contributed by atoms with Gasteiger partial charge in [-0.15, -0.1) is 0 Å². The van der Waals surface area contributed by atoms with Crippen molar-refractivity contribution in [1.82, 2.24) is 4.90 Å². The SMILES string of the molecule is CC(O)C1CCN(C(=O)c2ccoc2Br)CC1. The summed E-state index contributed by atoms with van der Waals surface area (Å²) in [5, 5.41) is 9.50. The monoisotopic (exact) mass is 301 g/mol. The number of furan rings is 1. The van der Waals surface area contributed by atoms with Crippen molar-refractivity contribution in [2.45, 2.75) is 25.9 Å². The molecule has 0 aromatic carbocycles. The van der Waals surface area contributed by atoms with Crippen LogP contribution in [0.3, 0.4) is 0 Å². The lowest BCUT2D eigenvalue weighted by atomic mass is 9.92. The Kier molecular flexibility index (Phi) is 3.89. The molecule has 1 aromatic rings. The number of aliphatic hydroxyl groups is 1. The van der Waals surface area contributed by atoms with Gasteiger partial charge in [0.15, 0.2) is 4.67 Å². The molecule has 1 amide bonds. The largest absolute Gasteiger partial charge is 0.457 e. The molecule has 1 aliphatic heterocycles. The van der Waals surface area contributed by atoms with Crippen LogP contribution in [-0.4, -0.2) is 35.1 Å². The van der Waals surface area contributed by atoms with Crippen LogP contribution >= 0.6 is 15.9 Å². The Bertz CT molecular complexity index is 394. The highest BCUT2D eigenvalue weighted by atomic mass is 79.9. The summed E-state index contributed by atoms with van der Waals surface area (Å²) in [6, 6.07) is 1.67. The number of hydrogen-bond donors (Lipinski definition) is 1. The first-order valence-electron chi connectivity index (χ1n) is 5.80. The van der Waals surface area contributed by atoms with Gasteiger partial charge in [-0.25, -0.2) is 0 Å². The molecule has 1 unspecified atom stereocenters. The van der Waals surface area contributed by atoms with Gasteiger partial charge in [0.05, 0.1) is 17.9 Å². The summed E-state index contributed by atoms with van der Waals surface area (Å²) in [4.78, 5) is 13.9. The van der Waals surface area contributed by atoms with Crippen LogP contribution in [0.25, 0.3) is 0 Å². The molecule has 2 heterocycles. The third-order valence-electron chi connectivity index (χ3n) is 3.36. The van der Waals surface area contributed by atoms with Gasteiger partial charge in [0.1, 0.15) is 0 Å². The molecule has 0 saturated carbocycles. The topological polar surface area (TPSA) is 53.7 Å². The molecule has 0 radical (unpaired) electrons. The molecule has 17 heavy (non-hydrogen) atoms. The molecule has 1 fully saturated rings. The summed E-state index contributed by atoms with van der Waals surface area (Å²) in [6.45, 7) is 3.22. The molecule has 2 rings (SSSR count). The lowest BCUT2D eigenvalue weighted by molar-refractivity contribution is 0.0520. The van der Waals surface area contributed by atoms with Crippen molar-refractivity contribution >= 4 is 21.8 Å². The fourth-order valence-corrected chi connectivity index (χ4v) is 2.61. The summed E-state index contributed by atoms with van der Waals surface area (Å²) in [6.07, 6.45) is 2.94. The normalized spacial score (nSPS) is 19.4. The first-order chi connectivity index (χ1) is 8.09. The predicted molar refractivity (Wildman–Crippen MR) is 66.7 cm³/mol. The Morgan fingerprint density at radius 3 is 2.71 bits per heavy atom. The third-order valence-corrected chi connectivity index (χ3v) is 3.97. The number of carbonyl (C=O) groups is 1. The van der Waals surface area contributed by atoms with Crippen molar-refractivity contribution in [3.05, 3.63) is 22.6 Å². The van der Waals surface area contributed by atoms with Crippen molar-refractivity contribution in [1.29, 1.82) is 0 Å². The molecule has 4 nitrogen and oxygen atoms in total. The van der Waals surface area contributed by atoms with Gasteiger partial charge in [-0.1, -0.05) is 0 Å². The number of piperidine rings is 1. The summed E-state index contributed by atoms with van der Waals surface area (Å²) in [5.41, 5.74) is 0.570. The molecule has 1 aromatic heterocycles. The van der Waals surface area contributed by atoms with E-state index in [4.69, 9.17) is 4.42 Å². The van der Waals surface area contributed by atoms with Gasteiger partial charge in [-0.05, 0) is 47.7 Å². The van der Waals surface area contributed by atoms with Gasteiger partial charge in [-0.3, -0.25) is 4.79 Å². The van der Waals surface area contributed by atoms with Crippen LogP contribution in [0.1, 0.15) is 30.1 Å². The molecule has 0 spiro atoms. The van der Waals surface area contributed by atoms with E-state index >= 15 is 0 Å². The number of aliphatic hydroxyl groups excluding tert-OH is 1. The second kappa shape index (κ2) is 5.23. The fraction of sp³-hybridized carbons (Fsp3) is 0.583. The maximum atomic E-state index is 12.1. The number of amides is 1. The van der Waals surface area contributed by atoms with E-state index in [2.05, 4.69) is 15.9 Å². The molecular formula is C12H16BrNO3. The van der Waals surface area contributed by atoms with Gasteiger partial charge in [-0.2, -0.15) is 0 Å². The first kappa shape index (κ1) is 12.6. The Morgan fingerprint density at radius 1 is 1.59 bits per heavy atom. The van der Waals surface area contributed by atoms with Crippen molar-refractivity contribution in [3.8, 4) is 0 Å². The van der Waals surface area contributed by atoms with Crippen LogP contribution in [0.4, 0.5) is 0 Å². The zero-order valence-electron chi connectivity index (χ0n) is 9.73. The van der Waals surface area contributed by atoms with Crippen LogP contribution in [0.2, 0.25) is 0 Å². The second-order valence-corrected chi connectivity index (χ2v) is 5.20. The van der Waals surface area contributed by atoms with E-state index < -0.39 is 0 Å². The van der Waals surface area contributed by atoms with E-state index in [0.29, 0.717) is 29.2 Å². The Balaban J connectivity index is 1.98. The van der Waals surface area contributed by atoms with Crippen molar-refractivity contribution < 1.29 is 14.3 Å². The molecule has 0 bridgehead atoms. The number of halogens is 1. The van der Waals surface area contributed by atoms with Crippen LogP contribution < -0.4 is 0 Å². The zero-order valence-corrected chi connectivity index (χ0v) is 11.3. The number of carbonyl (C=O) groups excluding carboxylic acids is 1. The summed E-state index contributed by atoms with van der Waals surface area (Å²) < 4.78 is 5.55. The van der Waals surface area contributed by atoms with Gasteiger partial charge < -0.3 is 14.4 Å². The minimum Gasteiger partial charge on any atom is -0.457 e. The van der Waals surface area contributed by atoms with E-state index in [1.807, 2.05) is 11.8 Å². The van der Waals surface area contributed by atoms with E-state index in [0.717, 1.165) is 12.8 Å². The van der Waals surface area contributed by atoms with Crippen LogP contribution in [-0.2, 0) is 0 Å². The van der Waals surface area contributed by atoms with Crippen molar-refractivity contribution in [3.63, 3.8) is 0 Å². The highest BCUT2D eigenvalue weighted by Crippen LogP contribution is 2.24. The lowest BCUT2D eigenvalue weighted by Crippen LogP contribution is -2.40. The minimum absolute atomic E-state index is 0.00494. The molecule has 94 valence electrons. The van der Waals surface area contributed by atoms with Crippen LogP contribution in [0.5, 0.6) is 0 Å². The quantitative estimate of drug-likeness (QED) is 0.912. The third kappa shape index (κ3) is 2.72. The fourth-order valence-electron chi connectivity index (χ4n) is 2.20. The maximum Gasteiger partial charge on any atom is 0.258 e. The predicted octanol–water partition coefficient (Wildman–Crippen LogP) is 2.28. The zero-order chi connectivity index (χ0) is 12.4. The average Bonchev–Trinajstić information content (AvgIpc) is 2.74. The number of likely N-dealkylation sites (tertiary alicyclic amines) is 1. The maximum absolute atomic E-state index is 12.1. The smallest absolute Gasteiger partial charge is 0.258 e. The summed E-state index contributed by atoms with van der Waals surface area (Å²) >= 11 is 3.21. The minimum atomic E-state index is -0.284. The summed E-state index contributed by atoms with van der Waals surface area (Å²) in [5.74, 6) is 0.307. The van der Waals surface area contributed by atoms with E-state index in [9.17, 15) is 9.90 Å². The Labute approximate surface area is 109 Å². The number of nitrogens with zero attached hydrogens (tertiary/aromatic N) is 1. The number of rotatable bonds is 2. The Morgan fingerprint density at radius 2 is 2.24 bits per heavy atom. The van der Waals surface area contributed by atoms with Crippen LogP contribution in [0, 0.1) is 5.92 Å². The standard InChI is InChI=1S/C12H16BrNO3/c1-8(15)9-2-5-14(6-3-9)12(16)10-4-7-17-11(10)13/h4,7-9,15H,2-3,5-6H2,1H3. The first-order valence-corrected chi connectivity index (χ1v) is 6.59. The van der Waals surface area contributed by atoms with Gasteiger partial charge in [0, 0.05) is 13.1 Å². The Hall–Kier alpha value is -0.810. The second-order valence-electron chi connectivity index (χ2n) is 4.48. The molecule has 1 atom stereocenters.